The highest BCUT2D eigenvalue weighted by Crippen LogP contribution is 2.53. The van der Waals surface area contributed by atoms with E-state index < -0.39 is 0 Å². The molecule has 0 saturated carbocycles. The molecule has 6 aromatic carbocycles. The van der Waals surface area contributed by atoms with Gasteiger partial charge in [-0.2, -0.15) is 0 Å². The summed E-state index contributed by atoms with van der Waals surface area (Å²) < 4.78 is 0. The molecule has 0 radical (unpaired) electrons. The topological polar surface area (TPSA) is 3.24 Å². The van der Waals surface area contributed by atoms with Gasteiger partial charge in [0.25, 0.3) is 0 Å². The van der Waals surface area contributed by atoms with Crippen molar-refractivity contribution in [1.29, 1.82) is 0 Å². The molecule has 6 aromatic rings. The van der Waals surface area contributed by atoms with Crippen molar-refractivity contribution in [2.24, 2.45) is 5.92 Å². The second-order valence-electron chi connectivity index (χ2n) is 20.9. The van der Waals surface area contributed by atoms with E-state index in [0.717, 1.165) is 38.5 Å². The Morgan fingerprint density at radius 1 is 0.508 bits per heavy atom. The maximum absolute atomic E-state index is 2.63. The number of aryl methyl sites for hydroxylation is 3. The van der Waals surface area contributed by atoms with E-state index in [0.29, 0.717) is 11.8 Å². The largest absolute Gasteiger partial charge is 0.331 e. The van der Waals surface area contributed by atoms with Crippen molar-refractivity contribution < 1.29 is 0 Å². The molecule has 342 valence electrons. The smallest absolute Gasteiger partial charge is 0.0671 e. The third-order valence-electron chi connectivity index (χ3n) is 16.0. The predicted octanol–water partition coefficient (Wildman–Crippen LogP) is 18.2. The lowest BCUT2D eigenvalue weighted by atomic mass is 9.68. The number of benzene rings is 6. The summed E-state index contributed by atoms with van der Waals surface area (Å²) in [4.78, 5) is 2.63. The maximum atomic E-state index is 2.63. The molecule has 7 rings (SSSR count). The number of anilines is 2. The second kappa shape index (κ2) is 21.2. The molecule has 0 spiro atoms. The van der Waals surface area contributed by atoms with Crippen LogP contribution in [0.25, 0.3) is 11.1 Å². The van der Waals surface area contributed by atoms with Gasteiger partial charge >= 0.3 is 0 Å². The van der Waals surface area contributed by atoms with Gasteiger partial charge in [-0.05, 0) is 174 Å². The SMILES string of the molecule is CCCCc1ccc(CC(c2ccccc2)C(C)CC(C)(CC)c2ccc3c(c2)C(C)(C)c2cc(C(C)(CC)N(c4ccc(CCCC)cc4)c4ccc(CCCC)cc4)ccc2-3)cc1. The molecule has 0 fully saturated rings. The Hall–Kier alpha value is -4.88. The molecule has 1 nitrogen and oxygen atoms in total. The van der Waals surface area contributed by atoms with Crippen molar-refractivity contribution in [3.63, 3.8) is 0 Å². The summed E-state index contributed by atoms with van der Waals surface area (Å²) in [6.07, 6.45) is 15.1. The number of hydrogen-bond donors (Lipinski definition) is 0. The highest BCUT2D eigenvalue weighted by atomic mass is 15.2. The van der Waals surface area contributed by atoms with Crippen LogP contribution in [0.3, 0.4) is 0 Å². The van der Waals surface area contributed by atoms with Gasteiger partial charge in [0.15, 0.2) is 0 Å². The Balaban J connectivity index is 1.20. The Morgan fingerprint density at radius 2 is 0.954 bits per heavy atom. The quantitative estimate of drug-likeness (QED) is 0.0657. The fourth-order valence-corrected chi connectivity index (χ4v) is 11.2. The van der Waals surface area contributed by atoms with Gasteiger partial charge in [0, 0.05) is 16.8 Å². The van der Waals surface area contributed by atoms with Crippen molar-refractivity contribution in [1.82, 2.24) is 0 Å². The van der Waals surface area contributed by atoms with E-state index in [9.17, 15) is 0 Å². The third kappa shape index (κ3) is 10.4. The highest BCUT2D eigenvalue weighted by molar-refractivity contribution is 5.82. The van der Waals surface area contributed by atoms with E-state index in [1.807, 2.05) is 0 Å². The van der Waals surface area contributed by atoms with Gasteiger partial charge in [0.2, 0.25) is 0 Å². The number of fused-ring (bicyclic) bond motifs is 3. The van der Waals surface area contributed by atoms with Crippen LogP contribution < -0.4 is 4.90 Å². The second-order valence-corrected chi connectivity index (χ2v) is 20.9. The summed E-state index contributed by atoms with van der Waals surface area (Å²) in [6.45, 7) is 24.1. The van der Waals surface area contributed by atoms with Gasteiger partial charge in [-0.3, -0.25) is 0 Å². The lowest BCUT2D eigenvalue weighted by molar-refractivity contribution is 0.304. The van der Waals surface area contributed by atoms with Crippen LogP contribution in [0.1, 0.15) is 183 Å². The first-order chi connectivity index (χ1) is 31.4. The molecule has 0 N–H and O–H groups in total. The summed E-state index contributed by atoms with van der Waals surface area (Å²) in [6, 6.07) is 54.9. The minimum atomic E-state index is -0.274. The number of unbranched alkanes of at least 4 members (excludes halogenated alkanes) is 3. The van der Waals surface area contributed by atoms with Crippen LogP contribution in [-0.2, 0) is 42.1 Å². The van der Waals surface area contributed by atoms with Gasteiger partial charge in [-0.15, -0.1) is 0 Å². The van der Waals surface area contributed by atoms with Gasteiger partial charge in [-0.25, -0.2) is 0 Å². The van der Waals surface area contributed by atoms with Crippen molar-refractivity contribution in [3.05, 3.63) is 190 Å². The van der Waals surface area contributed by atoms with Gasteiger partial charge in [0.1, 0.15) is 0 Å². The highest BCUT2D eigenvalue weighted by Gasteiger charge is 2.41. The molecular weight excluding hydrogens is 783 g/mol. The summed E-state index contributed by atoms with van der Waals surface area (Å²) in [7, 11) is 0. The van der Waals surface area contributed by atoms with Crippen LogP contribution in [-0.4, -0.2) is 0 Å². The van der Waals surface area contributed by atoms with E-state index in [2.05, 4.69) is 214 Å². The lowest BCUT2D eigenvalue weighted by Gasteiger charge is -2.44. The maximum Gasteiger partial charge on any atom is 0.0671 e. The molecular formula is C64H81N. The third-order valence-corrected chi connectivity index (χ3v) is 16.0. The van der Waals surface area contributed by atoms with Crippen LogP contribution in [0.2, 0.25) is 0 Å². The van der Waals surface area contributed by atoms with Crippen LogP contribution in [0.4, 0.5) is 11.4 Å². The zero-order valence-electron chi connectivity index (χ0n) is 42.1. The molecule has 4 atom stereocenters. The predicted molar refractivity (Wildman–Crippen MR) is 283 cm³/mol. The first-order valence-corrected chi connectivity index (χ1v) is 25.8. The van der Waals surface area contributed by atoms with Gasteiger partial charge < -0.3 is 4.90 Å². The van der Waals surface area contributed by atoms with E-state index in [1.54, 1.807) is 0 Å². The number of hydrogen-bond acceptors (Lipinski definition) is 1. The van der Waals surface area contributed by atoms with Crippen LogP contribution in [0.15, 0.2) is 140 Å². The first kappa shape index (κ1) is 48.1. The normalized spacial score (nSPS) is 15.7. The van der Waals surface area contributed by atoms with Crippen LogP contribution in [0.5, 0.6) is 0 Å². The average Bonchev–Trinajstić information content (AvgIpc) is 3.57. The molecule has 0 aromatic heterocycles. The fraction of sp³-hybridized carbons (Fsp3) is 0.438. The fourth-order valence-electron chi connectivity index (χ4n) is 11.2. The molecule has 1 aliphatic rings. The number of nitrogens with zero attached hydrogens (tertiary/aromatic N) is 1. The molecule has 0 amide bonds. The molecule has 1 aliphatic carbocycles. The average molecular weight is 864 g/mol. The summed E-state index contributed by atoms with van der Waals surface area (Å²) in [5.74, 6) is 0.945. The monoisotopic (exact) mass is 864 g/mol. The summed E-state index contributed by atoms with van der Waals surface area (Å²) >= 11 is 0. The molecule has 0 heterocycles. The molecule has 4 unspecified atom stereocenters. The van der Waals surface area contributed by atoms with Crippen molar-refractivity contribution in [3.8, 4) is 11.1 Å². The van der Waals surface area contributed by atoms with E-state index >= 15 is 0 Å². The molecule has 0 saturated heterocycles. The summed E-state index contributed by atoms with van der Waals surface area (Å²) in [5, 5.41) is 0. The minimum Gasteiger partial charge on any atom is -0.331 e. The molecule has 65 heavy (non-hydrogen) atoms. The summed E-state index contributed by atoms with van der Waals surface area (Å²) in [5.41, 5.74) is 17.9. The van der Waals surface area contributed by atoms with Crippen molar-refractivity contribution >= 4 is 11.4 Å². The van der Waals surface area contributed by atoms with Gasteiger partial charge in [-0.1, -0.05) is 197 Å². The zero-order chi connectivity index (χ0) is 46.2. The van der Waals surface area contributed by atoms with Crippen molar-refractivity contribution in [2.45, 2.75) is 175 Å². The van der Waals surface area contributed by atoms with E-state index in [-0.39, 0.29) is 16.4 Å². The van der Waals surface area contributed by atoms with E-state index in [1.165, 1.54) is 118 Å². The van der Waals surface area contributed by atoms with Crippen LogP contribution in [0, 0.1) is 5.92 Å². The van der Waals surface area contributed by atoms with Crippen LogP contribution >= 0.6 is 0 Å². The van der Waals surface area contributed by atoms with Crippen molar-refractivity contribution in [2.75, 3.05) is 4.90 Å². The minimum absolute atomic E-state index is 0.0426. The Bertz CT molecular complexity index is 2370. The Labute approximate surface area is 396 Å². The zero-order valence-corrected chi connectivity index (χ0v) is 42.1. The molecule has 0 bridgehead atoms. The Morgan fingerprint density at radius 3 is 1.42 bits per heavy atom. The Kier molecular flexibility index (Phi) is 15.7. The lowest BCUT2D eigenvalue weighted by Crippen LogP contribution is -2.40. The van der Waals surface area contributed by atoms with E-state index in [4.69, 9.17) is 0 Å². The number of rotatable bonds is 22. The van der Waals surface area contributed by atoms with Gasteiger partial charge in [0.05, 0.1) is 5.54 Å². The first-order valence-electron chi connectivity index (χ1n) is 25.8. The molecule has 0 aliphatic heterocycles. The standard InChI is InChI=1S/C64H81N/c1-11-16-22-48-27-29-51(30-28-48)43-59(52-25-20-19-21-26-52)47(6)46-63(9,14-4)53-35-41-57-58-42-36-54(45-61(58)62(7,8)60(57)44-53)64(10,15-5)65(55-37-31-49(32-38-55)23-17-12-2)56-39-33-50(34-40-56)24-18-13-3/h19-21,25-42,44-45,47,59H,11-18,22-24,43,46H2,1-10H3. The molecule has 1 heteroatoms.